The van der Waals surface area contributed by atoms with Crippen LogP contribution in [0.1, 0.15) is 11.1 Å². The Morgan fingerprint density at radius 1 is 0.947 bits per heavy atom. The second kappa shape index (κ2) is 5.16. The number of para-hydroxylation sites is 1. The van der Waals surface area contributed by atoms with Crippen molar-refractivity contribution in [2.24, 2.45) is 0 Å². The van der Waals surface area contributed by atoms with E-state index >= 15 is 0 Å². The molecule has 0 radical (unpaired) electrons. The van der Waals surface area contributed by atoms with Crippen molar-refractivity contribution in [1.82, 2.24) is 0 Å². The normalized spacial score (nSPS) is 9.47. The van der Waals surface area contributed by atoms with Crippen LogP contribution in [0.2, 0.25) is 0 Å². The molecule has 92 valence electrons. The average Bonchev–Trinajstić information content (AvgIpc) is 2.43. The average molecular weight is 256 g/mol. The van der Waals surface area contributed by atoms with Gasteiger partial charge >= 0.3 is 0 Å². The lowest BCUT2D eigenvalue weighted by atomic mass is 10.2. The lowest BCUT2D eigenvalue weighted by molar-refractivity contribution is 0.406. The fraction of sp³-hybridized carbons (Fsp3) is 0. The Kier molecular flexibility index (Phi) is 3.40. The Morgan fingerprint density at radius 3 is 2.16 bits per heavy atom. The number of hydrogen-bond donors (Lipinski definition) is 0. The molecule has 0 atom stereocenters. The molecule has 0 amide bonds. The molecule has 2 aromatic carbocycles. The second-order valence-electron chi connectivity index (χ2n) is 3.59. The predicted molar refractivity (Wildman–Crippen MR) is 62.3 cm³/mol. The van der Waals surface area contributed by atoms with Crippen molar-refractivity contribution in [1.29, 1.82) is 10.5 Å². The van der Waals surface area contributed by atoms with Crippen LogP contribution in [-0.2, 0) is 0 Å². The molecule has 0 saturated carbocycles. The van der Waals surface area contributed by atoms with Crippen LogP contribution in [0.5, 0.6) is 11.5 Å². The summed E-state index contributed by atoms with van der Waals surface area (Å²) >= 11 is 0. The number of halogens is 2. The van der Waals surface area contributed by atoms with Gasteiger partial charge in [-0.05, 0) is 24.3 Å². The van der Waals surface area contributed by atoms with E-state index in [9.17, 15) is 8.78 Å². The van der Waals surface area contributed by atoms with Crippen LogP contribution in [0.15, 0.2) is 36.4 Å². The fourth-order valence-electron chi connectivity index (χ4n) is 1.48. The van der Waals surface area contributed by atoms with Crippen molar-refractivity contribution >= 4 is 0 Å². The van der Waals surface area contributed by atoms with Gasteiger partial charge in [-0.2, -0.15) is 10.5 Å². The summed E-state index contributed by atoms with van der Waals surface area (Å²) in [6.45, 7) is 0. The van der Waals surface area contributed by atoms with Crippen LogP contribution in [0.25, 0.3) is 0 Å². The molecule has 0 unspecified atom stereocenters. The number of rotatable bonds is 2. The molecule has 5 heteroatoms. The maximum atomic E-state index is 13.6. The van der Waals surface area contributed by atoms with Crippen molar-refractivity contribution in [2.75, 3.05) is 0 Å². The summed E-state index contributed by atoms with van der Waals surface area (Å²) in [5, 5.41) is 17.4. The van der Waals surface area contributed by atoms with E-state index < -0.39 is 17.4 Å². The van der Waals surface area contributed by atoms with E-state index in [1.165, 1.54) is 12.1 Å². The highest BCUT2D eigenvalue weighted by Crippen LogP contribution is 2.30. The second-order valence-corrected chi connectivity index (χ2v) is 3.59. The lowest BCUT2D eigenvalue weighted by Gasteiger charge is -2.09. The molecule has 0 saturated heterocycles. The zero-order valence-corrected chi connectivity index (χ0v) is 9.52. The van der Waals surface area contributed by atoms with Crippen LogP contribution in [0, 0.1) is 34.3 Å². The Bertz CT molecular complexity index is 691. The standard InChI is InChI=1S/C14H6F2N2O/c15-11-5-9(7-17)6-12(16)14(11)19-13-4-2-1-3-10(13)8-18/h1-6H. The maximum absolute atomic E-state index is 13.6. The Balaban J connectivity index is 2.45. The van der Waals surface area contributed by atoms with Crippen LogP contribution < -0.4 is 4.74 Å². The van der Waals surface area contributed by atoms with Gasteiger partial charge < -0.3 is 4.74 Å². The third-order valence-corrected chi connectivity index (χ3v) is 2.35. The molecule has 0 aliphatic carbocycles. The van der Waals surface area contributed by atoms with Gasteiger partial charge in [0.15, 0.2) is 17.4 Å². The first kappa shape index (κ1) is 12.5. The maximum Gasteiger partial charge on any atom is 0.198 e. The molecule has 0 heterocycles. The summed E-state index contributed by atoms with van der Waals surface area (Å²) in [6, 6.07) is 11.3. The first-order valence-electron chi connectivity index (χ1n) is 5.22. The first-order valence-corrected chi connectivity index (χ1v) is 5.22. The van der Waals surface area contributed by atoms with Gasteiger partial charge in [0, 0.05) is 0 Å². The lowest BCUT2D eigenvalue weighted by Crippen LogP contribution is -1.95. The highest BCUT2D eigenvalue weighted by molar-refractivity contribution is 5.46. The van der Waals surface area contributed by atoms with Gasteiger partial charge in [-0.3, -0.25) is 0 Å². The van der Waals surface area contributed by atoms with Gasteiger partial charge in [0.2, 0.25) is 0 Å². The van der Waals surface area contributed by atoms with E-state index in [2.05, 4.69) is 0 Å². The number of hydrogen-bond acceptors (Lipinski definition) is 3. The smallest absolute Gasteiger partial charge is 0.198 e. The van der Waals surface area contributed by atoms with Gasteiger partial charge in [0.1, 0.15) is 11.8 Å². The summed E-state index contributed by atoms with van der Waals surface area (Å²) in [7, 11) is 0. The minimum Gasteiger partial charge on any atom is -0.450 e. The van der Waals surface area contributed by atoms with Gasteiger partial charge in [-0.15, -0.1) is 0 Å². The summed E-state index contributed by atoms with van der Waals surface area (Å²) in [5.74, 6) is -2.58. The molecular weight excluding hydrogens is 250 g/mol. The summed E-state index contributed by atoms with van der Waals surface area (Å²) in [5.41, 5.74) is 0.0154. The molecule has 3 nitrogen and oxygen atoms in total. The van der Waals surface area contributed by atoms with Crippen LogP contribution in [-0.4, -0.2) is 0 Å². The quantitative estimate of drug-likeness (QED) is 0.826. The molecule has 0 aliphatic heterocycles. The Labute approximate surface area is 107 Å². The fourth-order valence-corrected chi connectivity index (χ4v) is 1.48. The summed E-state index contributed by atoms with van der Waals surface area (Å²) in [6.07, 6.45) is 0. The molecule has 0 N–H and O–H groups in total. The number of benzene rings is 2. The van der Waals surface area contributed by atoms with E-state index in [1.807, 2.05) is 6.07 Å². The third kappa shape index (κ3) is 2.51. The van der Waals surface area contributed by atoms with Gasteiger partial charge in [0.05, 0.1) is 17.2 Å². The van der Waals surface area contributed by atoms with Gasteiger partial charge in [0.25, 0.3) is 0 Å². The topological polar surface area (TPSA) is 56.8 Å². The van der Waals surface area contributed by atoms with Crippen molar-refractivity contribution in [3.8, 4) is 23.6 Å². The van der Waals surface area contributed by atoms with E-state index in [4.69, 9.17) is 15.3 Å². The number of ether oxygens (including phenoxy) is 1. The molecule has 0 aromatic heterocycles. The predicted octanol–water partition coefficient (Wildman–Crippen LogP) is 3.50. The summed E-state index contributed by atoms with van der Waals surface area (Å²) < 4.78 is 32.3. The van der Waals surface area contributed by atoms with E-state index in [0.717, 1.165) is 12.1 Å². The third-order valence-electron chi connectivity index (χ3n) is 2.35. The molecule has 2 rings (SSSR count). The Hall–Kier alpha value is -2.92. The molecule has 0 aliphatic rings. The molecule has 2 aromatic rings. The van der Waals surface area contributed by atoms with Crippen molar-refractivity contribution in [2.45, 2.75) is 0 Å². The number of nitriles is 2. The van der Waals surface area contributed by atoms with Crippen molar-refractivity contribution in [3.05, 3.63) is 59.2 Å². The minimum atomic E-state index is -0.996. The highest BCUT2D eigenvalue weighted by Gasteiger charge is 2.15. The molecule has 0 bridgehead atoms. The highest BCUT2D eigenvalue weighted by atomic mass is 19.1. The summed E-state index contributed by atoms with van der Waals surface area (Å²) in [4.78, 5) is 0. The van der Waals surface area contributed by atoms with E-state index in [1.54, 1.807) is 18.2 Å². The zero-order valence-electron chi connectivity index (χ0n) is 9.52. The molecule has 19 heavy (non-hydrogen) atoms. The monoisotopic (exact) mass is 256 g/mol. The number of nitrogens with zero attached hydrogens (tertiary/aromatic N) is 2. The van der Waals surface area contributed by atoms with E-state index in [-0.39, 0.29) is 16.9 Å². The van der Waals surface area contributed by atoms with Gasteiger partial charge in [-0.25, -0.2) is 8.78 Å². The Morgan fingerprint density at radius 2 is 1.58 bits per heavy atom. The van der Waals surface area contributed by atoms with Crippen LogP contribution in [0.3, 0.4) is 0 Å². The van der Waals surface area contributed by atoms with Crippen molar-refractivity contribution in [3.63, 3.8) is 0 Å². The van der Waals surface area contributed by atoms with Crippen LogP contribution >= 0.6 is 0 Å². The minimum absolute atomic E-state index is 0.0486. The molecule has 0 fully saturated rings. The van der Waals surface area contributed by atoms with Crippen LogP contribution in [0.4, 0.5) is 8.78 Å². The zero-order chi connectivity index (χ0) is 13.8. The SMILES string of the molecule is N#Cc1cc(F)c(Oc2ccccc2C#N)c(F)c1. The first-order chi connectivity index (χ1) is 9.15. The van der Waals surface area contributed by atoms with E-state index in [0.29, 0.717) is 0 Å². The molecule has 0 spiro atoms. The molecular formula is C14H6F2N2O. The van der Waals surface area contributed by atoms with Crippen molar-refractivity contribution < 1.29 is 13.5 Å². The largest absolute Gasteiger partial charge is 0.450 e. The van der Waals surface area contributed by atoms with Gasteiger partial charge in [-0.1, -0.05) is 12.1 Å².